The molecule has 4 aromatic rings. The van der Waals surface area contributed by atoms with E-state index >= 15 is 0 Å². The van der Waals surface area contributed by atoms with Gasteiger partial charge in [0.15, 0.2) is 0 Å². The van der Waals surface area contributed by atoms with E-state index in [0.29, 0.717) is 18.0 Å². The number of anilines is 1. The maximum Gasteiger partial charge on any atom is 0.416 e. The summed E-state index contributed by atoms with van der Waals surface area (Å²) >= 11 is 6.30. The van der Waals surface area contributed by atoms with Gasteiger partial charge in [0, 0.05) is 44.7 Å². The topological polar surface area (TPSA) is 108 Å². The number of carbonyl (C=O) groups excluding carboxylic acids is 2. The minimum atomic E-state index is -4.92. The molecule has 0 saturated carbocycles. The SMILES string of the molecule is Cc1ncc(C#N)c(-c2cc(NC(=O)c3cc(F)cc(C(F)(F)F)c3)c3c(c2)C(=O)NC3c2cc(F)ccc2Cl)n1. The van der Waals surface area contributed by atoms with Crippen molar-refractivity contribution in [2.24, 2.45) is 0 Å². The van der Waals surface area contributed by atoms with Crippen LogP contribution in [0.2, 0.25) is 5.02 Å². The van der Waals surface area contributed by atoms with Gasteiger partial charge in [-0.15, -0.1) is 0 Å². The third-order valence-corrected chi connectivity index (χ3v) is 6.64. The average Bonchev–Trinajstić information content (AvgIpc) is 3.25. The number of aromatic nitrogens is 2. The number of aryl methyl sites for hydroxylation is 1. The van der Waals surface area contributed by atoms with E-state index in [1.165, 1.54) is 24.4 Å². The highest BCUT2D eigenvalue weighted by atomic mass is 35.5. The fraction of sp³-hybridized carbons (Fsp3) is 0.107. The molecule has 1 atom stereocenters. The lowest BCUT2D eigenvalue weighted by molar-refractivity contribution is -0.137. The fourth-order valence-corrected chi connectivity index (χ4v) is 4.72. The Morgan fingerprint density at radius 2 is 1.85 bits per heavy atom. The largest absolute Gasteiger partial charge is 0.416 e. The summed E-state index contributed by atoms with van der Waals surface area (Å²) in [6, 6.07) is 8.45. The zero-order valence-corrected chi connectivity index (χ0v) is 21.5. The van der Waals surface area contributed by atoms with Crippen LogP contribution in [0.1, 0.15) is 54.8 Å². The lowest BCUT2D eigenvalue weighted by Crippen LogP contribution is -2.21. The fourth-order valence-electron chi connectivity index (χ4n) is 4.49. The van der Waals surface area contributed by atoms with Gasteiger partial charge in [-0.2, -0.15) is 18.4 Å². The van der Waals surface area contributed by atoms with Crippen LogP contribution < -0.4 is 10.6 Å². The Balaban J connectivity index is 1.71. The van der Waals surface area contributed by atoms with Crippen molar-refractivity contribution in [2.75, 3.05) is 5.32 Å². The summed E-state index contributed by atoms with van der Waals surface area (Å²) < 4.78 is 68.1. The Bertz CT molecular complexity index is 1800. The number of amides is 2. The molecule has 0 fully saturated rings. The monoisotopic (exact) mass is 583 g/mol. The molecule has 0 radical (unpaired) electrons. The maximum absolute atomic E-state index is 14.2. The number of nitrogens with one attached hydrogen (secondary N) is 2. The summed E-state index contributed by atoms with van der Waals surface area (Å²) in [7, 11) is 0. The van der Waals surface area contributed by atoms with Gasteiger partial charge in [0.2, 0.25) is 0 Å². The van der Waals surface area contributed by atoms with Crippen molar-refractivity contribution in [1.82, 2.24) is 15.3 Å². The molecule has 2 amide bonds. The van der Waals surface area contributed by atoms with E-state index in [9.17, 15) is 36.8 Å². The molecule has 2 heterocycles. The minimum Gasteiger partial charge on any atom is -0.341 e. The summed E-state index contributed by atoms with van der Waals surface area (Å²) in [5, 5.41) is 14.8. The zero-order valence-electron chi connectivity index (χ0n) is 20.7. The standard InChI is InChI=1S/C28H15ClF5N5O2/c1-12-36-11-15(10-35)24(37-12)13-6-20-23(25(39-27(20)41)19-9-17(30)2-3-21(19)29)22(7-13)38-26(40)14-4-16(28(32,33)34)8-18(31)5-14/h2-9,11,25H,1H3,(H,38,40)(H,39,41). The van der Waals surface area contributed by atoms with Gasteiger partial charge in [-0.1, -0.05) is 11.6 Å². The molecule has 1 unspecified atom stereocenters. The maximum atomic E-state index is 14.2. The second-order valence-electron chi connectivity index (χ2n) is 9.03. The van der Waals surface area contributed by atoms with Crippen molar-refractivity contribution >= 4 is 29.1 Å². The Kier molecular flexibility index (Phi) is 6.92. The molecule has 3 aromatic carbocycles. The average molecular weight is 584 g/mol. The first kappa shape index (κ1) is 27.7. The van der Waals surface area contributed by atoms with Crippen LogP contribution >= 0.6 is 11.6 Å². The number of nitriles is 1. The molecule has 2 N–H and O–H groups in total. The number of rotatable bonds is 4. The van der Waals surface area contributed by atoms with Gasteiger partial charge in [-0.05, 0) is 55.5 Å². The lowest BCUT2D eigenvalue weighted by Gasteiger charge is -2.19. The lowest BCUT2D eigenvalue weighted by atomic mass is 9.93. The number of fused-ring (bicyclic) bond motifs is 1. The van der Waals surface area contributed by atoms with E-state index in [-0.39, 0.29) is 50.3 Å². The Morgan fingerprint density at radius 3 is 2.56 bits per heavy atom. The molecule has 206 valence electrons. The number of benzene rings is 3. The second-order valence-corrected chi connectivity index (χ2v) is 9.44. The minimum absolute atomic E-state index is 0.00138. The Morgan fingerprint density at radius 1 is 1.10 bits per heavy atom. The van der Waals surface area contributed by atoms with Crippen LogP contribution in [0.5, 0.6) is 0 Å². The van der Waals surface area contributed by atoms with Gasteiger partial charge in [-0.25, -0.2) is 18.7 Å². The van der Waals surface area contributed by atoms with E-state index in [4.69, 9.17) is 11.6 Å². The van der Waals surface area contributed by atoms with E-state index < -0.39 is 46.8 Å². The summed E-state index contributed by atoms with van der Waals surface area (Å²) in [4.78, 5) is 34.6. The highest BCUT2D eigenvalue weighted by molar-refractivity contribution is 6.31. The molecule has 0 saturated heterocycles. The van der Waals surface area contributed by atoms with E-state index in [1.807, 2.05) is 6.07 Å². The van der Waals surface area contributed by atoms with Gasteiger partial charge < -0.3 is 10.6 Å². The van der Waals surface area contributed by atoms with E-state index in [0.717, 1.165) is 12.1 Å². The quantitative estimate of drug-likeness (QED) is 0.272. The summed E-state index contributed by atoms with van der Waals surface area (Å²) in [5.74, 6) is -3.43. The third kappa shape index (κ3) is 5.31. The highest BCUT2D eigenvalue weighted by Crippen LogP contribution is 2.42. The van der Waals surface area contributed by atoms with Crippen LogP contribution in [0.4, 0.5) is 27.6 Å². The van der Waals surface area contributed by atoms with Crippen LogP contribution in [0, 0.1) is 29.9 Å². The van der Waals surface area contributed by atoms with Crippen molar-refractivity contribution in [3.8, 4) is 17.3 Å². The molecule has 1 aliphatic rings. The number of alkyl halides is 3. The first-order valence-corrected chi connectivity index (χ1v) is 12.1. The molecule has 41 heavy (non-hydrogen) atoms. The van der Waals surface area contributed by atoms with E-state index in [2.05, 4.69) is 20.6 Å². The van der Waals surface area contributed by atoms with Crippen molar-refractivity contribution in [2.45, 2.75) is 19.1 Å². The second kappa shape index (κ2) is 10.3. The number of nitrogens with zero attached hydrogens (tertiary/aromatic N) is 3. The number of hydrogen-bond donors (Lipinski definition) is 2. The third-order valence-electron chi connectivity index (χ3n) is 6.30. The Hall–Kier alpha value is -4.89. The van der Waals surface area contributed by atoms with Crippen molar-refractivity contribution < 1.29 is 31.5 Å². The Labute approximate surface area is 233 Å². The first-order valence-electron chi connectivity index (χ1n) is 11.7. The predicted molar refractivity (Wildman–Crippen MR) is 137 cm³/mol. The smallest absolute Gasteiger partial charge is 0.341 e. The van der Waals surface area contributed by atoms with Gasteiger partial charge in [0.25, 0.3) is 11.8 Å². The summed E-state index contributed by atoms with van der Waals surface area (Å²) in [5.41, 5.74) is -1.51. The molecule has 7 nitrogen and oxygen atoms in total. The molecule has 1 aliphatic heterocycles. The van der Waals surface area contributed by atoms with Crippen LogP contribution in [-0.2, 0) is 6.18 Å². The normalized spacial score (nSPS) is 14.3. The van der Waals surface area contributed by atoms with Gasteiger partial charge in [-0.3, -0.25) is 9.59 Å². The number of hydrogen-bond acceptors (Lipinski definition) is 5. The van der Waals surface area contributed by atoms with Gasteiger partial charge >= 0.3 is 6.18 Å². The predicted octanol–water partition coefficient (Wildman–Crippen LogP) is 6.36. The van der Waals surface area contributed by atoms with Gasteiger partial charge in [0.05, 0.1) is 22.9 Å². The van der Waals surface area contributed by atoms with Crippen molar-refractivity contribution in [3.05, 3.63) is 111 Å². The first-order chi connectivity index (χ1) is 19.3. The summed E-state index contributed by atoms with van der Waals surface area (Å²) in [6.45, 7) is 1.57. The molecule has 1 aromatic heterocycles. The van der Waals surface area contributed by atoms with Gasteiger partial charge in [0.1, 0.15) is 23.5 Å². The summed E-state index contributed by atoms with van der Waals surface area (Å²) in [6.07, 6.45) is -3.66. The molecule has 0 spiro atoms. The number of carbonyl (C=O) groups is 2. The van der Waals surface area contributed by atoms with Crippen LogP contribution in [0.25, 0.3) is 11.3 Å². The number of halogens is 6. The van der Waals surface area contributed by atoms with Crippen LogP contribution in [0.15, 0.2) is 54.7 Å². The van der Waals surface area contributed by atoms with Crippen LogP contribution in [-0.4, -0.2) is 21.8 Å². The van der Waals surface area contributed by atoms with Crippen molar-refractivity contribution in [1.29, 1.82) is 5.26 Å². The van der Waals surface area contributed by atoms with Crippen molar-refractivity contribution in [3.63, 3.8) is 0 Å². The van der Waals surface area contributed by atoms with Crippen LogP contribution in [0.3, 0.4) is 0 Å². The molecule has 5 rings (SSSR count). The molecule has 0 bridgehead atoms. The highest BCUT2D eigenvalue weighted by Gasteiger charge is 2.36. The molecular formula is C28H15ClF5N5O2. The molecule has 0 aliphatic carbocycles. The molecular weight excluding hydrogens is 569 g/mol. The zero-order chi connectivity index (χ0) is 29.6. The molecule has 13 heteroatoms. The van der Waals surface area contributed by atoms with E-state index in [1.54, 1.807) is 6.92 Å².